The van der Waals surface area contributed by atoms with Gasteiger partial charge in [0.15, 0.2) is 0 Å². The first-order valence-corrected chi connectivity index (χ1v) is 9.22. The molecule has 0 unspecified atom stereocenters. The maximum Gasteiger partial charge on any atom is 0.255 e. The molecule has 0 saturated heterocycles. The Labute approximate surface area is 157 Å². The van der Waals surface area contributed by atoms with Crippen molar-refractivity contribution in [3.8, 4) is 11.5 Å². The molecule has 1 aromatic carbocycles. The second-order valence-electron chi connectivity index (χ2n) is 5.35. The summed E-state index contributed by atoms with van der Waals surface area (Å²) in [5, 5.41) is 3.79. The van der Waals surface area contributed by atoms with E-state index in [-0.39, 0.29) is 10.6 Å². The number of amides is 1. The summed E-state index contributed by atoms with van der Waals surface area (Å²) in [7, 11) is 0.102. The number of hydrogen-bond donors (Lipinski definition) is 1. The van der Waals surface area contributed by atoms with Crippen LogP contribution in [-0.4, -0.2) is 57.6 Å². The number of ether oxygens (including phenoxy) is 2. The molecular weight excluding hydrogens is 372 g/mol. The minimum Gasteiger partial charge on any atom is -0.497 e. The molecule has 10 heteroatoms. The SMILES string of the molecule is COc1ccc(OC)c(S(=O)(=O)N(C)CC(=O)N/N=C\c2ccncc2)c1. The number of rotatable bonds is 8. The maximum atomic E-state index is 12.8. The second-order valence-corrected chi connectivity index (χ2v) is 7.36. The van der Waals surface area contributed by atoms with Gasteiger partial charge in [-0.3, -0.25) is 9.78 Å². The molecular formula is C17H20N4O5S. The van der Waals surface area contributed by atoms with Crippen molar-refractivity contribution < 1.29 is 22.7 Å². The van der Waals surface area contributed by atoms with E-state index >= 15 is 0 Å². The normalized spacial score (nSPS) is 11.6. The predicted octanol–water partition coefficient (Wildman–Crippen LogP) is 0.870. The van der Waals surface area contributed by atoms with Gasteiger partial charge >= 0.3 is 0 Å². The Hall–Kier alpha value is -2.98. The van der Waals surface area contributed by atoms with Crippen LogP contribution in [0.15, 0.2) is 52.7 Å². The topological polar surface area (TPSA) is 110 Å². The lowest BCUT2D eigenvalue weighted by Gasteiger charge is -2.18. The molecule has 1 N–H and O–H groups in total. The molecule has 0 atom stereocenters. The number of hydrazone groups is 1. The van der Waals surface area contributed by atoms with Gasteiger partial charge in [0.05, 0.1) is 27.0 Å². The Morgan fingerprint density at radius 3 is 2.56 bits per heavy atom. The predicted molar refractivity (Wildman–Crippen MR) is 99.3 cm³/mol. The van der Waals surface area contributed by atoms with Crippen LogP contribution in [0, 0.1) is 0 Å². The van der Waals surface area contributed by atoms with Crippen LogP contribution in [-0.2, 0) is 14.8 Å². The van der Waals surface area contributed by atoms with Gasteiger partial charge in [0.2, 0.25) is 10.0 Å². The lowest BCUT2D eigenvalue weighted by atomic mass is 10.3. The van der Waals surface area contributed by atoms with Gasteiger partial charge in [0.1, 0.15) is 16.4 Å². The van der Waals surface area contributed by atoms with E-state index in [4.69, 9.17) is 9.47 Å². The number of hydrogen-bond acceptors (Lipinski definition) is 7. The van der Waals surface area contributed by atoms with Gasteiger partial charge in [0, 0.05) is 25.5 Å². The summed E-state index contributed by atoms with van der Waals surface area (Å²) in [6.45, 7) is -0.420. The third-order valence-electron chi connectivity index (χ3n) is 3.53. The van der Waals surface area contributed by atoms with E-state index in [0.717, 1.165) is 9.87 Å². The number of aromatic nitrogens is 1. The molecule has 0 spiro atoms. The first-order chi connectivity index (χ1) is 12.9. The highest BCUT2D eigenvalue weighted by atomic mass is 32.2. The van der Waals surface area contributed by atoms with E-state index < -0.39 is 22.5 Å². The summed E-state index contributed by atoms with van der Waals surface area (Å²) in [5.74, 6) is -0.0822. The van der Waals surface area contributed by atoms with Crippen LogP contribution in [0.5, 0.6) is 11.5 Å². The fraction of sp³-hybridized carbons (Fsp3) is 0.235. The number of carbonyl (C=O) groups is 1. The first-order valence-electron chi connectivity index (χ1n) is 7.78. The van der Waals surface area contributed by atoms with Crippen molar-refractivity contribution in [3.05, 3.63) is 48.3 Å². The molecule has 0 aliphatic rings. The number of methoxy groups -OCH3 is 2. The average molecular weight is 392 g/mol. The number of nitrogens with zero attached hydrogens (tertiary/aromatic N) is 3. The number of nitrogens with one attached hydrogen (secondary N) is 1. The van der Waals surface area contributed by atoms with Gasteiger partial charge in [-0.15, -0.1) is 0 Å². The Balaban J connectivity index is 2.08. The molecule has 0 aliphatic heterocycles. The Morgan fingerprint density at radius 2 is 1.93 bits per heavy atom. The molecule has 2 rings (SSSR count). The fourth-order valence-electron chi connectivity index (χ4n) is 2.10. The Morgan fingerprint density at radius 1 is 1.22 bits per heavy atom. The van der Waals surface area contributed by atoms with Gasteiger partial charge in [0.25, 0.3) is 5.91 Å². The lowest BCUT2D eigenvalue weighted by Crippen LogP contribution is -2.36. The molecule has 0 saturated carbocycles. The molecule has 144 valence electrons. The van der Waals surface area contributed by atoms with Crippen molar-refractivity contribution in [1.82, 2.24) is 14.7 Å². The summed E-state index contributed by atoms with van der Waals surface area (Å²) in [6.07, 6.45) is 4.61. The zero-order chi connectivity index (χ0) is 19.9. The number of likely N-dealkylation sites (N-methyl/N-ethyl adjacent to an activating group) is 1. The van der Waals surface area contributed by atoms with Crippen molar-refractivity contribution >= 4 is 22.1 Å². The van der Waals surface area contributed by atoms with Crippen LogP contribution in [0.3, 0.4) is 0 Å². The fourth-order valence-corrected chi connectivity index (χ4v) is 3.40. The van der Waals surface area contributed by atoms with Crippen LogP contribution < -0.4 is 14.9 Å². The second kappa shape index (κ2) is 9.10. The van der Waals surface area contributed by atoms with Crippen molar-refractivity contribution in [2.75, 3.05) is 27.8 Å². The maximum absolute atomic E-state index is 12.8. The summed E-state index contributed by atoms with van der Waals surface area (Å²) in [4.78, 5) is 15.8. The van der Waals surface area contributed by atoms with E-state index in [1.54, 1.807) is 30.6 Å². The van der Waals surface area contributed by atoms with E-state index in [2.05, 4.69) is 15.5 Å². The number of sulfonamides is 1. The zero-order valence-electron chi connectivity index (χ0n) is 15.1. The highest BCUT2D eigenvalue weighted by molar-refractivity contribution is 7.89. The van der Waals surface area contributed by atoms with Crippen molar-refractivity contribution in [2.24, 2.45) is 5.10 Å². The average Bonchev–Trinajstić information content (AvgIpc) is 2.68. The third-order valence-corrected chi connectivity index (χ3v) is 5.36. The van der Waals surface area contributed by atoms with Gasteiger partial charge in [-0.1, -0.05) is 0 Å². The first kappa shape index (κ1) is 20.3. The van der Waals surface area contributed by atoms with E-state index in [1.165, 1.54) is 39.6 Å². The largest absolute Gasteiger partial charge is 0.497 e. The minimum atomic E-state index is -3.98. The zero-order valence-corrected chi connectivity index (χ0v) is 15.9. The molecule has 9 nitrogen and oxygen atoms in total. The molecule has 1 amide bonds. The Bertz CT molecular complexity index is 916. The third kappa shape index (κ3) is 5.25. The van der Waals surface area contributed by atoms with E-state index in [9.17, 15) is 13.2 Å². The molecule has 1 aromatic heterocycles. The molecule has 2 aromatic rings. The molecule has 0 fully saturated rings. The van der Waals surface area contributed by atoms with Crippen LogP contribution >= 0.6 is 0 Å². The molecule has 27 heavy (non-hydrogen) atoms. The van der Waals surface area contributed by atoms with Gasteiger partial charge in [-0.05, 0) is 29.8 Å². The van der Waals surface area contributed by atoms with Crippen molar-refractivity contribution in [1.29, 1.82) is 0 Å². The molecule has 0 radical (unpaired) electrons. The number of carbonyl (C=O) groups excluding carboxylic acids is 1. The highest BCUT2D eigenvalue weighted by Gasteiger charge is 2.27. The van der Waals surface area contributed by atoms with E-state index in [0.29, 0.717) is 5.75 Å². The lowest BCUT2D eigenvalue weighted by molar-refractivity contribution is -0.121. The molecule has 0 bridgehead atoms. The summed E-state index contributed by atoms with van der Waals surface area (Å²) < 4.78 is 36.6. The van der Waals surface area contributed by atoms with Gasteiger partial charge in [-0.25, -0.2) is 13.8 Å². The summed E-state index contributed by atoms with van der Waals surface area (Å²) in [6, 6.07) is 7.82. The highest BCUT2D eigenvalue weighted by Crippen LogP contribution is 2.29. The molecule has 1 heterocycles. The standard InChI is InChI=1S/C17H20N4O5S/c1-21(12-17(22)20-19-11-13-6-8-18-9-7-13)27(23,24)16-10-14(25-2)4-5-15(16)26-3/h4-11H,12H2,1-3H3,(H,20,22)/b19-11-. The summed E-state index contributed by atoms with van der Waals surface area (Å²) >= 11 is 0. The number of benzene rings is 1. The Kier molecular flexibility index (Phi) is 6.85. The molecule has 0 aliphatic carbocycles. The quantitative estimate of drug-likeness (QED) is 0.527. The smallest absolute Gasteiger partial charge is 0.255 e. The van der Waals surface area contributed by atoms with Crippen LogP contribution in [0.25, 0.3) is 0 Å². The monoisotopic (exact) mass is 392 g/mol. The van der Waals surface area contributed by atoms with Crippen molar-refractivity contribution in [2.45, 2.75) is 4.90 Å². The van der Waals surface area contributed by atoms with Gasteiger partial charge in [-0.2, -0.15) is 9.41 Å². The summed E-state index contributed by atoms with van der Waals surface area (Å²) in [5.41, 5.74) is 3.03. The van der Waals surface area contributed by atoms with Gasteiger partial charge < -0.3 is 9.47 Å². The minimum absolute atomic E-state index is 0.0973. The van der Waals surface area contributed by atoms with Crippen LogP contribution in [0.2, 0.25) is 0 Å². The number of pyridine rings is 1. The van der Waals surface area contributed by atoms with E-state index in [1.807, 2.05) is 0 Å². The van der Waals surface area contributed by atoms with Crippen LogP contribution in [0.1, 0.15) is 5.56 Å². The van der Waals surface area contributed by atoms with Crippen molar-refractivity contribution in [3.63, 3.8) is 0 Å². The van der Waals surface area contributed by atoms with Crippen LogP contribution in [0.4, 0.5) is 0 Å².